The lowest BCUT2D eigenvalue weighted by Gasteiger charge is -2.20. The summed E-state index contributed by atoms with van der Waals surface area (Å²) >= 11 is 0. The van der Waals surface area contributed by atoms with Gasteiger partial charge in [0.15, 0.2) is 0 Å². The molecule has 2 aromatic carbocycles. The quantitative estimate of drug-likeness (QED) is 0.838. The Hall–Kier alpha value is -2.69. The van der Waals surface area contributed by atoms with Crippen LogP contribution >= 0.6 is 0 Å². The summed E-state index contributed by atoms with van der Waals surface area (Å²) in [6, 6.07) is 11.7. The van der Waals surface area contributed by atoms with E-state index in [1.54, 1.807) is 26.2 Å². The van der Waals surface area contributed by atoms with Gasteiger partial charge in [-0.15, -0.1) is 0 Å². The van der Waals surface area contributed by atoms with Crippen LogP contribution in [0.1, 0.15) is 16.7 Å². The minimum absolute atomic E-state index is 0.0144. The van der Waals surface area contributed by atoms with Crippen LogP contribution in [0.3, 0.4) is 0 Å². The maximum Gasteiger partial charge on any atom is 0.241 e. The maximum absolute atomic E-state index is 12.5. The monoisotopic (exact) mass is 342 g/mol. The smallest absolute Gasteiger partial charge is 0.241 e. The number of hydrogen-bond acceptors (Lipinski definition) is 4. The third-order valence-electron chi connectivity index (χ3n) is 4.23. The normalized spacial score (nSPS) is 10.3. The Labute approximate surface area is 149 Å². The number of methoxy groups -OCH3 is 2. The number of amides is 1. The second-order valence-electron chi connectivity index (χ2n) is 6.05. The lowest BCUT2D eigenvalue weighted by Crippen LogP contribution is -2.32. The molecular formula is C20H26N2O3. The molecular weight excluding hydrogens is 316 g/mol. The van der Waals surface area contributed by atoms with Gasteiger partial charge in [0.25, 0.3) is 0 Å². The molecule has 0 fully saturated rings. The molecule has 0 aliphatic heterocycles. The lowest BCUT2D eigenvalue weighted by molar-refractivity contribution is -0.128. The highest BCUT2D eigenvalue weighted by Gasteiger charge is 2.13. The number of anilines is 1. The fourth-order valence-electron chi connectivity index (χ4n) is 2.72. The van der Waals surface area contributed by atoms with Gasteiger partial charge < -0.3 is 19.7 Å². The Kier molecular flexibility index (Phi) is 6.28. The summed E-state index contributed by atoms with van der Waals surface area (Å²) in [5.74, 6) is 1.45. The van der Waals surface area contributed by atoms with Gasteiger partial charge in [-0.25, -0.2) is 0 Å². The number of hydrogen-bond donors (Lipinski definition) is 1. The number of para-hydroxylation sites is 1. The first-order valence-electron chi connectivity index (χ1n) is 8.21. The average molecular weight is 342 g/mol. The van der Waals surface area contributed by atoms with Crippen LogP contribution in [-0.2, 0) is 11.3 Å². The molecule has 1 amide bonds. The molecule has 134 valence electrons. The fourth-order valence-corrected chi connectivity index (χ4v) is 2.72. The lowest BCUT2D eigenvalue weighted by atomic mass is 10.1. The number of likely N-dealkylation sites (N-methyl/N-ethyl adjacent to an activating group) is 1. The minimum Gasteiger partial charge on any atom is -0.497 e. The highest BCUT2D eigenvalue weighted by atomic mass is 16.5. The number of carbonyl (C=O) groups excluding carboxylic acids is 1. The summed E-state index contributed by atoms with van der Waals surface area (Å²) in [6.45, 7) is 4.79. The topological polar surface area (TPSA) is 50.8 Å². The Bertz CT molecular complexity index is 723. The molecule has 0 aliphatic carbocycles. The molecule has 2 aromatic rings. The zero-order chi connectivity index (χ0) is 18.4. The van der Waals surface area contributed by atoms with E-state index in [4.69, 9.17) is 9.47 Å². The van der Waals surface area contributed by atoms with Gasteiger partial charge >= 0.3 is 0 Å². The van der Waals surface area contributed by atoms with Crippen molar-refractivity contribution in [2.75, 3.05) is 33.1 Å². The zero-order valence-corrected chi connectivity index (χ0v) is 15.6. The largest absolute Gasteiger partial charge is 0.497 e. The van der Waals surface area contributed by atoms with Crippen LogP contribution in [0.25, 0.3) is 0 Å². The molecule has 0 spiro atoms. The van der Waals surface area contributed by atoms with Crippen LogP contribution in [0.2, 0.25) is 0 Å². The van der Waals surface area contributed by atoms with E-state index in [-0.39, 0.29) is 12.5 Å². The molecule has 0 bridgehead atoms. The van der Waals surface area contributed by atoms with Crippen LogP contribution in [0.4, 0.5) is 5.69 Å². The van der Waals surface area contributed by atoms with Crippen molar-refractivity contribution in [3.63, 3.8) is 0 Å². The molecule has 0 unspecified atom stereocenters. The minimum atomic E-state index is 0.0144. The van der Waals surface area contributed by atoms with Crippen molar-refractivity contribution in [1.82, 2.24) is 4.90 Å². The third kappa shape index (κ3) is 4.66. The maximum atomic E-state index is 12.5. The van der Waals surface area contributed by atoms with Crippen LogP contribution in [0, 0.1) is 13.8 Å². The van der Waals surface area contributed by atoms with E-state index >= 15 is 0 Å². The van der Waals surface area contributed by atoms with Gasteiger partial charge in [-0.1, -0.05) is 18.2 Å². The van der Waals surface area contributed by atoms with Gasteiger partial charge in [0.05, 0.1) is 20.8 Å². The number of nitrogens with zero attached hydrogens (tertiary/aromatic N) is 1. The predicted molar refractivity (Wildman–Crippen MR) is 100 cm³/mol. The van der Waals surface area contributed by atoms with E-state index < -0.39 is 0 Å². The van der Waals surface area contributed by atoms with E-state index in [2.05, 4.69) is 5.32 Å². The molecule has 0 atom stereocenters. The fraction of sp³-hybridized carbons (Fsp3) is 0.350. The van der Waals surface area contributed by atoms with E-state index in [1.807, 2.05) is 50.2 Å². The molecule has 25 heavy (non-hydrogen) atoms. The summed E-state index contributed by atoms with van der Waals surface area (Å²) in [6.07, 6.45) is 0. The van der Waals surface area contributed by atoms with Crippen molar-refractivity contribution in [3.05, 3.63) is 53.1 Å². The number of benzene rings is 2. The first kappa shape index (κ1) is 18.6. The van der Waals surface area contributed by atoms with Crippen molar-refractivity contribution < 1.29 is 14.3 Å². The molecule has 0 aromatic heterocycles. The SMILES string of the molecule is COc1ccc(CN(C)C(=O)CNc2c(C)cccc2C)c(OC)c1. The van der Waals surface area contributed by atoms with E-state index in [0.717, 1.165) is 28.1 Å². The van der Waals surface area contributed by atoms with E-state index in [9.17, 15) is 4.79 Å². The highest BCUT2D eigenvalue weighted by molar-refractivity contribution is 5.81. The average Bonchev–Trinajstić information content (AvgIpc) is 2.61. The second-order valence-corrected chi connectivity index (χ2v) is 6.05. The molecule has 0 saturated heterocycles. The van der Waals surface area contributed by atoms with Gasteiger partial charge in [-0.3, -0.25) is 4.79 Å². The number of rotatable bonds is 7. The second kappa shape index (κ2) is 8.42. The summed E-state index contributed by atoms with van der Waals surface area (Å²) in [4.78, 5) is 14.1. The number of carbonyl (C=O) groups is 1. The van der Waals surface area contributed by atoms with Crippen molar-refractivity contribution in [1.29, 1.82) is 0 Å². The van der Waals surface area contributed by atoms with Gasteiger partial charge in [-0.2, -0.15) is 0 Å². The van der Waals surface area contributed by atoms with E-state index in [0.29, 0.717) is 12.3 Å². The van der Waals surface area contributed by atoms with Gasteiger partial charge in [0.1, 0.15) is 11.5 Å². The van der Waals surface area contributed by atoms with Crippen LogP contribution in [-0.4, -0.2) is 38.6 Å². The van der Waals surface area contributed by atoms with Gasteiger partial charge in [0.2, 0.25) is 5.91 Å². The van der Waals surface area contributed by atoms with Crippen LogP contribution in [0.15, 0.2) is 36.4 Å². The Morgan fingerprint density at radius 1 is 1.08 bits per heavy atom. The Balaban J connectivity index is 2.01. The summed E-state index contributed by atoms with van der Waals surface area (Å²) in [5, 5.41) is 3.25. The molecule has 2 rings (SSSR count). The van der Waals surface area contributed by atoms with Crippen molar-refractivity contribution in [2.45, 2.75) is 20.4 Å². The molecule has 0 aliphatic rings. The molecule has 5 nitrogen and oxygen atoms in total. The molecule has 0 radical (unpaired) electrons. The zero-order valence-electron chi connectivity index (χ0n) is 15.6. The van der Waals surface area contributed by atoms with Gasteiger partial charge in [0, 0.05) is 30.9 Å². The third-order valence-corrected chi connectivity index (χ3v) is 4.23. The number of nitrogens with one attached hydrogen (secondary N) is 1. The number of ether oxygens (including phenoxy) is 2. The van der Waals surface area contributed by atoms with Crippen molar-refractivity contribution in [3.8, 4) is 11.5 Å². The summed E-state index contributed by atoms with van der Waals surface area (Å²) < 4.78 is 10.6. The van der Waals surface area contributed by atoms with E-state index in [1.165, 1.54) is 0 Å². The summed E-state index contributed by atoms with van der Waals surface area (Å²) in [5.41, 5.74) is 4.22. The summed E-state index contributed by atoms with van der Waals surface area (Å²) in [7, 11) is 5.02. The highest BCUT2D eigenvalue weighted by Crippen LogP contribution is 2.25. The first-order valence-corrected chi connectivity index (χ1v) is 8.21. The molecule has 0 saturated carbocycles. The molecule has 5 heteroatoms. The molecule has 1 N–H and O–H groups in total. The predicted octanol–water partition coefficient (Wildman–Crippen LogP) is 3.39. The Morgan fingerprint density at radius 2 is 1.76 bits per heavy atom. The van der Waals surface area contributed by atoms with Gasteiger partial charge in [-0.05, 0) is 37.1 Å². The van der Waals surface area contributed by atoms with Crippen molar-refractivity contribution in [2.24, 2.45) is 0 Å². The first-order chi connectivity index (χ1) is 12.0. The molecule has 0 heterocycles. The Morgan fingerprint density at radius 3 is 2.36 bits per heavy atom. The van der Waals surface area contributed by atoms with Crippen LogP contribution < -0.4 is 14.8 Å². The standard InChI is InChI=1S/C20H26N2O3/c1-14-7-6-8-15(2)20(14)21-12-19(23)22(3)13-16-9-10-17(24-4)11-18(16)25-5/h6-11,21H,12-13H2,1-5H3. The van der Waals surface area contributed by atoms with Crippen molar-refractivity contribution >= 4 is 11.6 Å². The van der Waals surface area contributed by atoms with Crippen LogP contribution in [0.5, 0.6) is 11.5 Å². The number of aryl methyl sites for hydroxylation is 2.